The van der Waals surface area contributed by atoms with Crippen molar-refractivity contribution < 1.29 is 28.0 Å². The normalized spacial score (nSPS) is 22.1. The van der Waals surface area contributed by atoms with Crippen LogP contribution in [-0.4, -0.2) is 48.4 Å². The number of nitrogens with zero attached hydrogens (tertiary/aromatic N) is 2. The molecule has 0 spiro atoms. The zero-order valence-corrected chi connectivity index (χ0v) is 14.0. The van der Waals surface area contributed by atoms with Gasteiger partial charge in [0.05, 0.1) is 24.0 Å². The molecule has 1 aliphatic rings. The van der Waals surface area contributed by atoms with E-state index in [0.29, 0.717) is 12.8 Å². The first-order valence-electron chi connectivity index (χ1n) is 7.25. The van der Waals surface area contributed by atoms with E-state index in [1.807, 2.05) is 0 Å². The Kier molecular flexibility index (Phi) is 5.09. The molecule has 1 aromatic rings. The van der Waals surface area contributed by atoms with E-state index in [2.05, 4.69) is 0 Å². The summed E-state index contributed by atoms with van der Waals surface area (Å²) in [5.74, 6) is -1.74. The van der Waals surface area contributed by atoms with Crippen LogP contribution < -0.4 is 4.74 Å². The van der Waals surface area contributed by atoms with E-state index >= 15 is 0 Å². The molecule has 24 heavy (non-hydrogen) atoms. The lowest BCUT2D eigenvalue weighted by atomic mass is 9.96. The van der Waals surface area contributed by atoms with E-state index in [0.717, 1.165) is 16.4 Å². The van der Waals surface area contributed by atoms with Crippen molar-refractivity contribution in [2.75, 3.05) is 13.7 Å². The molecular weight excluding hydrogens is 340 g/mol. The Balaban J connectivity index is 2.49. The third kappa shape index (κ3) is 3.34. The van der Waals surface area contributed by atoms with Gasteiger partial charge in [0.2, 0.25) is 10.0 Å². The molecule has 0 aromatic heterocycles. The summed E-state index contributed by atoms with van der Waals surface area (Å²) in [7, 11) is -2.89. The van der Waals surface area contributed by atoms with Gasteiger partial charge in [-0.3, -0.25) is 14.9 Å². The Morgan fingerprint density at radius 1 is 1.42 bits per heavy atom. The third-order valence-corrected chi connectivity index (χ3v) is 6.15. The summed E-state index contributed by atoms with van der Waals surface area (Å²) in [6, 6.07) is 3.04. The predicted octanol–water partition coefficient (Wildman–Crippen LogP) is 1.48. The summed E-state index contributed by atoms with van der Waals surface area (Å²) in [5.41, 5.74) is -0.598. The lowest BCUT2D eigenvalue weighted by Crippen LogP contribution is -2.47. The molecule has 0 aliphatic carbocycles. The SMILES string of the molecule is COc1ccc(S(=O)(=O)N2CC(C(=O)O)CCC2C)c([N+](=O)[O-])c1. The number of carboxylic acids is 1. The molecule has 0 saturated carbocycles. The van der Waals surface area contributed by atoms with E-state index in [-0.39, 0.29) is 12.3 Å². The molecule has 0 amide bonds. The van der Waals surface area contributed by atoms with Crippen LogP contribution in [0.5, 0.6) is 5.75 Å². The minimum absolute atomic E-state index is 0.163. The van der Waals surface area contributed by atoms with E-state index in [1.54, 1.807) is 6.92 Å². The molecule has 0 radical (unpaired) electrons. The summed E-state index contributed by atoms with van der Waals surface area (Å²) in [5, 5.41) is 20.4. The Morgan fingerprint density at radius 3 is 2.62 bits per heavy atom. The first-order chi connectivity index (χ1) is 11.2. The van der Waals surface area contributed by atoms with Crippen LogP contribution in [0.3, 0.4) is 0 Å². The van der Waals surface area contributed by atoms with Crippen molar-refractivity contribution in [1.29, 1.82) is 0 Å². The molecule has 1 N–H and O–H groups in total. The molecule has 1 fully saturated rings. The Bertz CT molecular complexity index is 762. The van der Waals surface area contributed by atoms with Crippen LogP contribution >= 0.6 is 0 Å². The average Bonchev–Trinajstić information content (AvgIpc) is 2.54. The van der Waals surface area contributed by atoms with E-state index in [4.69, 9.17) is 9.84 Å². The second-order valence-electron chi connectivity index (χ2n) is 5.63. The van der Waals surface area contributed by atoms with Crippen LogP contribution in [0.15, 0.2) is 23.1 Å². The second kappa shape index (κ2) is 6.73. The maximum absolute atomic E-state index is 12.9. The highest BCUT2D eigenvalue weighted by Gasteiger charge is 2.40. The molecule has 2 unspecified atom stereocenters. The summed E-state index contributed by atoms with van der Waals surface area (Å²) in [6.07, 6.45) is 0.743. The van der Waals surface area contributed by atoms with Crippen LogP contribution in [0, 0.1) is 16.0 Å². The van der Waals surface area contributed by atoms with Crippen LogP contribution in [0.25, 0.3) is 0 Å². The largest absolute Gasteiger partial charge is 0.497 e. The van der Waals surface area contributed by atoms with Crippen LogP contribution in [0.1, 0.15) is 19.8 Å². The molecule has 2 rings (SSSR count). The average molecular weight is 358 g/mol. The number of benzene rings is 1. The van der Waals surface area contributed by atoms with Crippen LogP contribution in [0.4, 0.5) is 5.69 Å². The highest BCUT2D eigenvalue weighted by atomic mass is 32.2. The van der Waals surface area contributed by atoms with E-state index < -0.39 is 43.5 Å². The zero-order valence-electron chi connectivity index (χ0n) is 13.2. The minimum Gasteiger partial charge on any atom is -0.497 e. The highest BCUT2D eigenvalue weighted by Crippen LogP contribution is 2.34. The second-order valence-corrected chi connectivity index (χ2v) is 7.49. The van der Waals surface area contributed by atoms with Gasteiger partial charge in [-0.05, 0) is 31.9 Å². The minimum atomic E-state index is -4.21. The summed E-state index contributed by atoms with van der Waals surface area (Å²) in [4.78, 5) is 21.2. The number of nitro benzene ring substituents is 1. The number of piperidine rings is 1. The van der Waals surface area contributed by atoms with Crippen molar-refractivity contribution in [1.82, 2.24) is 4.31 Å². The number of hydrogen-bond donors (Lipinski definition) is 1. The zero-order chi connectivity index (χ0) is 18.1. The lowest BCUT2D eigenvalue weighted by molar-refractivity contribution is -0.387. The first kappa shape index (κ1) is 18.1. The topological polar surface area (TPSA) is 127 Å². The number of ether oxygens (including phenoxy) is 1. The smallest absolute Gasteiger partial charge is 0.307 e. The van der Waals surface area contributed by atoms with Crippen molar-refractivity contribution in [3.05, 3.63) is 28.3 Å². The molecule has 9 nitrogen and oxygen atoms in total. The fourth-order valence-electron chi connectivity index (χ4n) is 2.72. The fraction of sp³-hybridized carbons (Fsp3) is 0.500. The summed E-state index contributed by atoms with van der Waals surface area (Å²) in [6.45, 7) is 1.45. The number of carbonyl (C=O) groups is 1. The maximum Gasteiger partial charge on any atom is 0.307 e. The number of hydrogen-bond acceptors (Lipinski definition) is 6. The van der Waals surface area contributed by atoms with Crippen LogP contribution in [0.2, 0.25) is 0 Å². The third-order valence-electron chi connectivity index (χ3n) is 4.12. The highest BCUT2D eigenvalue weighted by molar-refractivity contribution is 7.89. The van der Waals surface area contributed by atoms with Gasteiger partial charge < -0.3 is 9.84 Å². The number of nitro groups is 1. The van der Waals surface area contributed by atoms with E-state index in [1.165, 1.54) is 13.2 Å². The molecule has 10 heteroatoms. The molecule has 1 aromatic carbocycles. The van der Waals surface area contributed by atoms with Crippen LogP contribution in [-0.2, 0) is 14.8 Å². The molecule has 0 bridgehead atoms. The van der Waals surface area contributed by atoms with Gasteiger partial charge in [-0.2, -0.15) is 4.31 Å². The van der Waals surface area contributed by atoms with Gasteiger partial charge >= 0.3 is 5.97 Å². The van der Waals surface area contributed by atoms with Crippen molar-refractivity contribution in [2.24, 2.45) is 5.92 Å². The van der Waals surface area contributed by atoms with Gasteiger partial charge in [0.15, 0.2) is 4.90 Å². The number of carboxylic acid groups (broad SMARTS) is 1. The quantitative estimate of drug-likeness (QED) is 0.623. The molecule has 2 atom stereocenters. The standard InChI is InChI=1S/C14H18N2O7S/c1-9-3-4-10(14(17)18)8-15(9)24(21,22)13-6-5-11(23-2)7-12(13)16(19)20/h5-7,9-10H,3-4,8H2,1-2H3,(H,17,18). The Hall–Kier alpha value is -2.20. The van der Waals surface area contributed by atoms with Gasteiger partial charge in [0.1, 0.15) is 5.75 Å². The fourth-order valence-corrected chi connectivity index (χ4v) is 4.57. The van der Waals surface area contributed by atoms with Crippen molar-refractivity contribution in [2.45, 2.75) is 30.7 Å². The van der Waals surface area contributed by atoms with Gasteiger partial charge in [0, 0.05) is 12.6 Å². The number of sulfonamides is 1. The monoisotopic (exact) mass is 358 g/mol. The molecule has 1 aliphatic heterocycles. The van der Waals surface area contributed by atoms with Crippen molar-refractivity contribution in [3.8, 4) is 5.75 Å². The maximum atomic E-state index is 12.9. The Morgan fingerprint density at radius 2 is 2.08 bits per heavy atom. The molecule has 1 saturated heterocycles. The van der Waals surface area contributed by atoms with Gasteiger partial charge in [0.25, 0.3) is 5.69 Å². The molecular formula is C14H18N2O7S. The number of methoxy groups -OCH3 is 1. The number of aliphatic carboxylic acids is 1. The predicted molar refractivity (Wildman–Crippen MR) is 83.4 cm³/mol. The van der Waals surface area contributed by atoms with Crippen molar-refractivity contribution in [3.63, 3.8) is 0 Å². The van der Waals surface area contributed by atoms with E-state index in [9.17, 15) is 23.3 Å². The first-order valence-corrected chi connectivity index (χ1v) is 8.69. The summed E-state index contributed by atoms with van der Waals surface area (Å²) >= 11 is 0. The molecule has 132 valence electrons. The van der Waals surface area contributed by atoms with Crippen molar-refractivity contribution >= 4 is 21.7 Å². The Labute approximate surface area is 139 Å². The van der Waals surface area contributed by atoms with Gasteiger partial charge in [-0.25, -0.2) is 8.42 Å². The molecule has 1 heterocycles. The lowest BCUT2D eigenvalue weighted by Gasteiger charge is -2.35. The number of rotatable bonds is 5. The van der Waals surface area contributed by atoms with Gasteiger partial charge in [-0.15, -0.1) is 0 Å². The summed E-state index contributed by atoms with van der Waals surface area (Å²) < 4.78 is 31.7. The van der Waals surface area contributed by atoms with Gasteiger partial charge in [-0.1, -0.05) is 0 Å².